The lowest BCUT2D eigenvalue weighted by atomic mass is 9.99. The molecule has 0 aromatic carbocycles. The lowest BCUT2D eigenvalue weighted by molar-refractivity contribution is -0.145. The fourth-order valence-electron chi connectivity index (χ4n) is 3.02. The van der Waals surface area contributed by atoms with Crippen LogP contribution in [-0.2, 0) is 15.7 Å². The van der Waals surface area contributed by atoms with Gasteiger partial charge >= 0.3 is 12.1 Å². The maximum atomic E-state index is 13.4. The van der Waals surface area contributed by atoms with Crippen LogP contribution in [0.2, 0.25) is 0 Å². The van der Waals surface area contributed by atoms with E-state index in [2.05, 4.69) is 9.84 Å². The molecule has 0 aliphatic heterocycles. The molecule has 1 saturated carbocycles. The van der Waals surface area contributed by atoms with Crippen LogP contribution in [0.5, 0.6) is 0 Å². The zero-order chi connectivity index (χ0) is 15.8. The monoisotopic (exact) mass is 304 g/mol. The third kappa shape index (κ3) is 2.91. The lowest BCUT2D eigenvalue weighted by Gasteiger charge is -2.13. The summed E-state index contributed by atoms with van der Waals surface area (Å²) in [7, 11) is 1.21. The van der Waals surface area contributed by atoms with Crippen LogP contribution in [-0.4, -0.2) is 22.9 Å². The standard InChI is InChI=1S/C14H19F3N2O2/c1-8-11(14(15,16)17)12(10-6-4-5-7-10)18-19(8)9(2)13(20)21-3/h9-10H,4-7H2,1-3H3/t9-/m0/s1. The zero-order valence-electron chi connectivity index (χ0n) is 12.3. The average Bonchev–Trinajstić information content (AvgIpc) is 3.02. The first-order chi connectivity index (χ1) is 9.77. The molecule has 1 aliphatic rings. The van der Waals surface area contributed by atoms with Crippen molar-refractivity contribution in [1.29, 1.82) is 0 Å². The van der Waals surface area contributed by atoms with Gasteiger partial charge in [0.25, 0.3) is 0 Å². The smallest absolute Gasteiger partial charge is 0.419 e. The fraction of sp³-hybridized carbons (Fsp3) is 0.714. The summed E-state index contributed by atoms with van der Waals surface area (Å²) in [5, 5.41) is 4.12. The van der Waals surface area contributed by atoms with E-state index in [1.807, 2.05) is 0 Å². The fourth-order valence-corrected chi connectivity index (χ4v) is 3.02. The lowest BCUT2D eigenvalue weighted by Crippen LogP contribution is -2.20. The third-order valence-electron chi connectivity index (χ3n) is 4.11. The normalized spacial score (nSPS) is 18.0. The van der Waals surface area contributed by atoms with Crippen molar-refractivity contribution < 1.29 is 22.7 Å². The maximum absolute atomic E-state index is 13.4. The van der Waals surface area contributed by atoms with Gasteiger partial charge in [0.05, 0.1) is 18.4 Å². The Labute approximate surface area is 121 Å². The van der Waals surface area contributed by atoms with Gasteiger partial charge in [0.15, 0.2) is 0 Å². The Morgan fingerprint density at radius 2 is 1.95 bits per heavy atom. The molecule has 4 nitrogen and oxygen atoms in total. The van der Waals surface area contributed by atoms with Gasteiger partial charge in [-0.3, -0.25) is 4.68 Å². The molecule has 1 aromatic rings. The van der Waals surface area contributed by atoms with Gasteiger partial charge in [-0.25, -0.2) is 4.79 Å². The molecule has 1 aliphatic carbocycles. The number of hydrogen-bond donors (Lipinski definition) is 0. The number of alkyl halides is 3. The van der Waals surface area contributed by atoms with Crippen molar-refractivity contribution in [2.45, 2.75) is 57.7 Å². The van der Waals surface area contributed by atoms with E-state index in [-0.39, 0.29) is 17.3 Å². The predicted octanol–water partition coefficient (Wildman–Crippen LogP) is 3.60. The highest BCUT2D eigenvalue weighted by Crippen LogP contribution is 2.43. The van der Waals surface area contributed by atoms with Gasteiger partial charge in [-0.2, -0.15) is 18.3 Å². The average molecular weight is 304 g/mol. The van der Waals surface area contributed by atoms with Crippen molar-refractivity contribution in [1.82, 2.24) is 9.78 Å². The Morgan fingerprint density at radius 3 is 2.43 bits per heavy atom. The number of ether oxygens (including phenoxy) is 1. The number of nitrogens with zero attached hydrogens (tertiary/aromatic N) is 2. The molecule has 2 rings (SSSR count). The summed E-state index contributed by atoms with van der Waals surface area (Å²) in [6, 6.07) is -0.869. The number of hydrogen-bond acceptors (Lipinski definition) is 3. The molecular weight excluding hydrogens is 285 g/mol. The van der Waals surface area contributed by atoms with Crippen LogP contribution >= 0.6 is 0 Å². The zero-order valence-corrected chi connectivity index (χ0v) is 12.3. The summed E-state index contributed by atoms with van der Waals surface area (Å²) in [5.41, 5.74) is -0.638. The largest absolute Gasteiger partial charge is 0.467 e. The number of halogens is 3. The molecule has 0 amide bonds. The molecule has 0 saturated heterocycles. The number of carbonyl (C=O) groups is 1. The van der Waals surface area contributed by atoms with Gasteiger partial charge < -0.3 is 4.74 Å². The summed E-state index contributed by atoms with van der Waals surface area (Å²) in [5.74, 6) is -0.779. The number of carbonyl (C=O) groups excluding carboxylic acids is 1. The molecule has 7 heteroatoms. The van der Waals surface area contributed by atoms with E-state index >= 15 is 0 Å². The summed E-state index contributed by atoms with van der Waals surface area (Å²) in [6.45, 7) is 2.85. The predicted molar refractivity (Wildman–Crippen MR) is 69.9 cm³/mol. The molecule has 21 heavy (non-hydrogen) atoms. The number of rotatable bonds is 3. The van der Waals surface area contributed by atoms with Crippen LogP contribution in [0.4, 0.5) is 13.2 Å². The maximum Gasteiger partial charge on any atom is 0.419 e. The molecule has 0 N–H and O–H groups in total. The minimum Gasteiger partial charge on any atom is -0.467 e. The molecule has 0 radical (unpaired) electrons. The Hall–Kier alpha value is -1.53. The second-order valence-corrected chi connectivity index (χ2v) is 5.47. The van der Waals surface area contributed by atoms with E-state index in [0.29, 0.717) is 12.8 Å². The summed E-state index contributed by atoms with van der Waals surface area (Å²) >= 11 is 0. The van der Waals surface area contributed by atoms with Crippen LogP contribution in [0.25, 0.3) is 0 Å². The molecule has 0 bridgehead atoms. The summed E-state index contributed by atoms with van der Waals surface area (Å²) < 4.78 is 45.8. The minimum atomic E-state index is -4.46. The Kier molecular flexibility index (Phi) is 4.30. The highest BCUT2D eigenvalue weighted by Gasteiger charge is 2.42. The number of aromatic nitrogens is 2. The second-order valence-electron chi connectivity index (χ2n) is 5.47. The number of esters is 1. The van der Waals surface area contributed by atoms with Gasteiger partial charge in [0.1, 0.15) is 6.04 Å². The molecule has 0 spiro atoms. The Bertz CT molecular complexity index is 531. The van der Waals surface area contributed by atoms with Crippen LogP contribution < -0.4 is 0 Å². The van der Waals surface area contributed by atoms with Crippen molar-refractivity contribution >= 4 is 5.97 Å². The van der Waals surface area contributed by atoms with Crippen molar-refractivity contribution in [3.8, 4) is 0 Å². The topological polar surface area (TPSA) is 44.1 Å². The first kappa shape index (κ1) is 15.9. The van der Waals surface area contributed by atoms with Crippen molar-refractivity contribution in [2.75, 3.05) is 7.11 Å². The van der Waals surface area contributed by atoms with E-state index in [1.54, 1.807) is 0 Å². The number of methoxy groups -OCH3 is 1. The first-order valence-corrected chi connectivity index (χ1v) is 7.01. The summed E-state index contributed by atoms with van der Waals surface area (Å²) in [4.78, 5) is 11.6. The van der Waals surface area contributed by atoms with Crippen LogP contribution in [0, 0.1) is 6.92 Å². The van der Waals surface area contributed by atoms with Crippen molar-refractivity contribution in [3.05, 3.63) is 17.0 Å². The summed E-state index contributed by atoms with van der Waals surface area (Å²) in [6.07, 6.45) is -1.20. The quantitative estimate of drug-likeness (QED) is 0.801. The van der Waals surface area contributed by atoms with Gasteiger partial charge in [0.2, 0.25) is 0 Å². The molecule has 1 aromatic heterocycles. The van der Waals surface area contributed by atoms with E-state index in [0.717, 1.165) is 17.5 Å². The second kappa shape index (κ2) is 5.69. The van der Waals surface area contributed by atoms with Gasteiger partial charge in [0, 0.05) is 11.6 Å². The van der Waals surface area contributed by atoms with E-state index in [9.17, 15) is 18.0 Å². The Balaban J connectivity index is 2.51. The highest BCUT2D eigenvalue weighted by molar-refractivity contribution is 5.73. The molecule has 1 atom stereocenters. The van der Waals surface area contributed by atoms with Crippen molar-refractivity contribution in [3.63, 3.8) is 0 Å². The minimum absolute atomic E-state index is 0.0256. The molecular formula is C14H19F3N2O2. The van der Waals surface area contributed by atoms with Crippen LogP contribution in [0.1, 0.15) is 61.5 Å². The van der Waals surface area contributed by atoms with Crippen LogP contribution in [0.15, 0.2) is 0 Å². The van der Waals surface area contributed by atoms with Crippen LogP contribution in [0.3, 0.4) is 0 Å². The van der Waals surface area contributed by atoms with Gasteiger partial charge in [-0.05, 0) is 26.7 Å². The third-order valence-corrected chi connectivity index (χ3v) is 4.11. The molecule has 1 fully saturated rings. The van der Waals surface area contributed by atoms with Gasteiger partial charge in [-0.1, -0.05) is 12.8 Å². The Morgan fingerprint density at radius 1 is 1.38 bits per heavy atom. The molecule has 0 unspecified atom stereocenters. The first-order valence-electron chi connectivity index (χ1n) is 7.01. The van der Waals surface area contributed by atoms with Gasteiger partial charge in [-0.15, -0.1) is 0 Å². The van der Waals surface area contributed by atoms with E-state index in [1.165, 1.54) is 21.0 Å². The SMILES string of the molecule is COC(=O)[C@H](C)n1nc(C2CCCC2)c(C(F)(F)F)c1C. The highest BCUT2D eigenvalue weighted by atomic mass is 19.4. The van der Waals surface area contributed by atoms with Crippen molar-refractivity contribution in [2.24, 2.45) is 0 Å². The van der Waals surface area contributed by atoms with E-state index in [4.69, 9.17) is 0 Å². The van der Waals surface area contributed by atoms with E-state index < -0.39 is 23.8 Å². The molecule has 118 valence electrons. The molecule has 1 heterocycles.